The van der Waals surface area contributed by atoms with Gasteiger partial charge in [0.2, 0.25) is 0 Å². The smallest absolute Gasteiger partial charge is 0.145 e. The molecule has 0 amide bonds. The minimum atomic E-state index is -1.08. The fourth-order valence-corrected chi connectivity index (χ4v) is 1.88. The summed E-state index contributed by atoms with van der Waals surface area (Å²) >= 11 is 3.35. The van der Waals surface area contributed by atoms with Gasteiger partial charge >= 0.3 is 0 Å². The van der Waals surface area contributed by atoms with E-state index in [4.69, 9.17) is 0 Å². The van der Waals surface area contributed by atoms with Crippen molar-refractivity contribution in [3.05, 3.63) is 28.9 Å². The molecule has 5 heteroatoms. The fraction of sp³-hybridized carbons (Fsp3) is 0.111. The van der Waals surface area contributed by atoms with Crippen molar-refractivity contribution in [2.24, 2.45) is 0 Å². The Kier molecular flexibility index (Phi) is 2.60. The van der Waals surface area contributed by atoms with Gasteiger partial charge in [-0.1, -0.05) is 15.9 Å². The van der Waals surface area contributed by atoms with Crippen LogP contribution in [-0.2, 0) is 10.8 Å². The Hall–Kier alpha value is -0.810. The molecular formula is C9H7BrN2OS. The molecule has 0 saturated heterocycles. The molecule has 72 valence electrons. The van der Waals surface area contributed by atoms with Crippen LogP contribution in [0.25, 0.3) is 11.0 Å². The Morgan fingerprint density at radius 1 is 1.36 bits per heavy atom. The average molecular weight is 271 g/mol. The maximum atomic E-state index is 11.2. The molecule has 1 aromatic carbocycles. The normalized spacial score (nSPS) is 13.0. The predicted molar refractivity (Wildman–Crippen MR) is 59.6 cm³/mol. The molecule has 0 aliphatic heterocycles. The number of halogens is 1. The van der Waals surface area contributed by atoms with Crippen LogP contribution in [0.15, 0.2) is 33.9 Å². The van der Waals surface area contributed by atoms with Gasteiger partial charge in [0.1, 0.15) is 5.03 Å². The molecule has 0 N–H and O–H groups in total. The minimum absolute atomic E-state index is 0.510. The van der Waals surface area contributed by atoms with Gasteiger partial charge < -0.3 is 0 Å². The molecule has 2 aromatic rings. The summed E-state index contributed by atoms with van der Waals surface area (Å²) in [4.78, 5) is 8.41. The van der Waals surface area contributed by atoms with Gasteiger partial charge in [0.15, 0.2) is 0 Å². The van der Waals surface area contributed by atoms with E-state index in [1.165, 1.54) is 0 Å². The minimum Gasteiger partial charge on any atom is -0.253 e. The topological polar surface area (TPSA) is 42.9 Å². The molecular weight excluding hydrogens is 264 g/mol. The SMILES string of the molecule is CS(=O)c1cnc2ccc(Br)cc2n1. The molecule has 0 bridgehead atoms. The van der Waals surface area contributed by atoms with Gasteiger partial charge in [-0.05, 0) is 18.2 Å². The number of hydrogen-bond acceptors (Lipinski definition) is 3. The van der Waals surface area contributed by atoms with Gasteiger partial charge in [-0.3, -0.25) is 9.19 Å². The molecule has 1 heterocycles. The highest BCUT2D eigenvalue weighted by Crippen LogP contribution is 2.17. The fourth-order valence-electron chi connectivity index (χ4n) is 1.11. The van der Waals surface area contributed by atoms with E-state index in [2.05, 4.69) is 25.9 Å². The molecule has 0 radical (unpaired) electrons. The van der Waals surface area contributed by atoms with Crippen molar-refractivity contribution in [2.45, 2.75) is 5.03 Å². The standard InChI is InChI=1S/C9H7BrN2OS/c1-14(13)9-5-11-7-3-2-6(10)4-8(7)12-9/h2-5H,1H3. The van der Waals surface area contributed by atoms with Gasteiger partial charge in [0, 0.05) is 10.7 Å². The van der Waals surface area contributed by atoms with Gasteiger partial charge in [-0.2, -0.15) is 0 Å². The van der Waals surface area contributed by atoms with Gasteiger partial charge in [-0.25, -0.2) is 4.98 Å². The van der Waals surface area contributed by atoms with Crippen LogP contribution in [0, 0.1) is 0 Å². The van der Waals surface area contributed by atoms with Crippen molar-refractivity contribution in [3.63, 3.8) is 0 Å². The summed E-state index contributed by atoms with van der Waals surface area (Å²) in [6.07, 6.45) is 3.14. The number of nitrogens with zero attached hydrogens (tertiary/aromatic N) is 2. The lowest BCUT2D eigenvalue weighted by Crippen LogP contribution is -1.94. The monoisotopic (exact) mass is 270 g/mol. The third-order valence-corrected chi connectivity index (χ3v) is 3.06. The zero-order chi connectivity index (χ0) is 10.1. The van der Waals surface area contributed by atoms with Crippen molar-refractivity contribution < 1.29 is 4.21 Å². The van der Waals surface area contributed by atoms with E-state index in [-0.39, 0.29) is 0 Å². The highest BCUT2D eigenvalue weighted by molar-refractivity contribution is 9.10. The summed E-state index contributed by atoms with van der Waals surface area (Å²) in [6.45, 7) is 0. The van der Waals surface area contributed by atoms with E-state index in [1.807, 2.05) is 18.2 Å². The van der Waals surface area contributed by atoms with Crippen molar-refractivity contribution in [3.8, 4) is 0 Å². The predicted octanol–water partition coefficient (Wildman–Crippen LogP) is 2.13. The molecule has 1 unspecified atom stereocenters. The third kappa shape index (κ3) is 1.83. The Balaban J connectivity index is 2.69. The summed E-state index contributed by atoms with van der Waals surface area (Å²) in [5.41, 5.74) is 1.56. The van der Waals surface area contributed by atoms with Crippen molar-refractivity contribution in [1.29, 1.82) is 0 Å². The van der Waals surface area contributed by atoms with Crippen LogP contribution < -0.4 is 0 Å². The molecule has 1 aromatic heterocycles. The zero-order valence-corrected chi connectivity index (χ0v) is 9.80. The lowest BCUT2D eigenvalue weighted by atomic mass is 10.3. The molecule has 3 nitrogen and oxygen atoms in total. The molecule has 0 aliphatic rings. The lowest BCUT2D eigenvalue weighted by molar-refractivity contribution is 0.684. The van der Waals surface area contributed by atoms with Crippen molar-refractivity contribution >= 4 is 37.8 Å². The average Bonchev–Trinajstić information content (AvgIpc) is 2.16. The summed E-state index contributed by atoms with van der Waals surface area (Å²) < 4.78 is 12.1. The maximum absolute atomic E-state index is 11.2. The first kappa shape index (κ1) is 9.73. The molecule has 0 saturated carbocycles. The van der Waals surface area contributed by atoms with E-state index < -0.39 is 10.8 Å². The Morgan fingerprint density at radius 2 is 2.14 bits per heavy atom. The van der Waals surface area contributed by atoms with Crippen LogP contribution in [0.2, 0.25) is 0 Å². The number of fused-ring (bicyclic) bond motifs is 1. The van der Waals surface area contributed by atoms with Crippen LogP contribution in [0.3, 0.4) is 0 Å². The molecule has 0 spiro atoms. The molecule has 0 fully saturated rings. The van der Waals surface area contributed by atoms with E-state index in [0.717, 1.165) is 15.5 Å². The number of aromatic nitrogens is 2. The van der Waals surface area contributed by atoms with Crippen LogP contribution in [0.4, 0.5) is 0 Å². The summed E-state index contributed by atoms with van der Waals surface area (Å²) in [5, 5.41) is 0.510. The molecule has 14 heavy (non-hydrogen) atoms. The van der Waals surface area contributed by atoms with Crippen LogP contribution >= 0.6 is 15.9 Å². The van der Waals surface area contributed by atoms with E-state index >= 15 is 0 Å². The summed E-state index contributed by atoms with van der Waals surface area (Å²) in [6, 6.07) is 5.63. The lowest BCUT2D eigenvalue weighted by Gasteiger charge is -1.99. The van der Waals surface area contributed by atoms with E-state index in [9.17, 15) is 4.21 Å². The van der Waals surface area contributed by atoms with Crippen LogP contribution in [-0.4, -0.2) is 20.4 Å². The molecule has 1 atom stereocenters. The summed E-state index contributed by atoms with van der Waals surface area (Å²) in [5.74, 6) is 0. The summed E-state index contributed by atoms with van der Waals surface area (Å²) in [7, 11) is -1.08. The second-order valence-corrected chi connectivity index (χ2v) is 5.04. The highest BCUT2D eigenvalue weighted by Gasteiger charge is 2.02. The second kappa shape index (κ2) is 3.74. The van der Waals surface area contributed by atoms with Gasteiger partial charge in [-0.15, -0.1) is 0 Å². The van der Waals surface area contributed by atoms with Crippen molar-refractivity contribution in [2.75, 3.05) is 6.26 Å². The first-order chi connectivity index (χ1) is 6.66. The Labute approximate surface area is 92.2 Å². The first-order valence-electron chi connectivity index (χ1n) is 3.92. The first-order valence-corrected chi connectivity index (χ1v) is 6.27. The quantitative estimate of drug-likeness (QED) is 0.798. The van der Waals surface area contributed by atoms with Gasteiger partial charge in [0.25, 0.3) is 0 Å². The van der Waals surface area contributed by atoms with E-state index in [0.29, 0.717) is 5.03 Å². The number of rotatable bonds is 1. The van der Waals surface area contributed by atoms with Gasteiger partial charge in [0.05, 0.1) is 28.0 Å². The third-order valence-electron chi connectivity index (χ3n) is 1.78. The highest BCUT2D eigenvalue weighted by atomic mass is 79.9. The van der Waals surface area contributed by atoms with Crippen LogP contribution in [0.1, 0.15) is 0 Å². The van der Waals surface area contributed by atoms with Crippen LogP contribution in [0.5, 0.6) is 0 Å². The largest absolute Gasteiger partial charge is 0.253 e. The Bertz CT molecular complexity index is 515. The molecule has 0 aliphatic carbocycles. The van der Waals surface area contributed by atoms with Crippen molar-refractivity contribution in [1.82, 2.24) is 9.97 Å². The van der Waals surface area contributed by atoms with E-state index in [1.54, 1.807) is 12.5 Å². The second-order valence-electron chi connectivity index (χ2n) is 2.80. The zero-order valence-electron chi connectivity index (χ0n) is 7.40. The Morgan fingerprint density at radius 3 is 2.86 bits per heavy atom. The maximum Gasteiger partial charge on any atom is 0.145 e. The molecule has 2 rings (SSSR count). The number of benzene rings is 1. The number of hydrogen-bond donors (Lipinski definition) is 0.